The molecule has 2 aromatic rings. The lowest BCUT2D eigenvalue weighted by Crippen LogP contribution is -2.44. The summed E-state index contributed by atoms with van der Waals surface area (Å²) in [4.78, 5) is 31.3. The van der Waals surface area contributed by atoms with Crippen molar-refractivity contribution in [2.45, 2.75) is 40.3 Å². The molecule has 0 aliphatic heterocycles. The summed E-state index contributed by atoms with van der Waals surface area (Å²) in [6.45, 7) is 8.26. The summed E-state index contributed by atoms with van der Waals surface area (Å²) in [5.41, 5.74) is 2.54. The molecule has 1 amide bonds. The zero-order chi connectivity index (χ0) is 19.4. The molecule has 0 fully saturated rings. The van der Waals surface area contributed by atoms with Gasteiger partial charge in [0.15, 0.2) is 5.13 Å². The number of nitrogens with zero attached hydrogens (tertiary/aromatic N) is 2. The van der Waals surface area contributed by atoms with Crippen LogP contribution in [0.15, 0.2) is 24.3 Å². The van der Waals surface area contributed by atoms with E-state index in [1.54, 1.807) is 37.3 Å². The molecule has 0 spiro atoms. The molecule has 1 aromatic carbocycles. The van der Waals surface area contributed by atoms with Gasteiger partial charge in [0.1, 0.15) is 6.04 Å². The number of anilines is 1. The lowest BCUT2D eigenvalue weighted by Gasteiger charge is -2.18. The molecule has 7 heteroatoms. The SMILES string of the molecule is Cc1nc(N(C)Cc2ccc(C(=O)NC(C(=O)O)C(C)C)cc2)sc1C. The van der Waals surface area contributed by atoms with E-state index >= 15 is 0 Å². The van der Waals surface area contributed by atoms with Crippen molar-refractivity contribution in [3.05, 3.63) is 46.0 Å². The van der Waals surface area contributed by atoms with Crippen molar-refractivity contribution in [1.29, 1.82) is 0 Å². The summed E-state index contributed by atoms with van der Waals surface area (Å²) in [6.07, 6.45) is 0. The number of hydrogen-bond acceptors (Lipinski definition) is 5. The van der Waals surface area contributed by atoms with Gasteiger partial charge in [-0.05, 0) is 37.5 Å². The van der Waals surface area contributed by atoms with Crippen LogP contribution in [0.25, 0.3) is 0 Å². The predicted molar refractivity (Wildman–Crippen MR) is 104 cm³/mol. The number of carboxylic acids is 1. The van der Waals surface area contributed by atoms with Gasteiger partial charge in [-0.2, -0.15) is 0 Å². The molecule has 0 radical (unpaired) electrons. The zero-order valence-corrected chi connectivity index (χ0v) is 16.6. The van der Waals surface area contributed by atoms with E-state index in [1.165, 1.54) is 4.88 Å². The first-order valence-electron chi connectivity index (χ1n) is 8.46. The summed E-state index contributed by atoms with van der Waals surface area (Å²) < 4.78 is 0. The summed E-state index contributed by atoms with van der Waals surface area (Å²) in [5, 5.41) is 12.7. The molecule has 0 saturated carbocycles. The van der Waals surface area contributed by atoms with E-state index < -0.39 is 12.0 Å². The van der Waals surface area contributed by atoms with E-state index in [9.17, 15) is 14.7 Å². The fourth-order valence-electron chi connectivity index (χ4n) is 2.46. The molecule has 1 heterocycles. The van der Waals surface area contributed by atoms with Gasteiger partial charge in [-0.1, -0.05) is 26.0 Å². The maximum Gasteiger partial charge on any atom is 0.326 e. The molecular formula is C19H25N3O3S. The van der Waals surface area contributed by atoms with Gasteiger partial charge in [-0.3, -0.25) is 4.79 Å². The lowest BCUT2D eigenvalue weighted by molar-refractivity contribution is -0.140. The second-order valence-electron chi connectivity index (χ2n) is 6.72. The van der Waals surface area contributed by atoms with Crippen LogP contribution in [-0.4, -0.2) is 35.1 Å². The van der Waals surface area contributed by atoms with Crippen LogP contribution in [0.1, 0.15) is 40.3 Å². The van der Waals surface area contributed by atoms with Crippen molar-refractivity contribution in [2.75, 3.05) is 11.9 Å². The van der Waals surface area contributed by atoms with E-state index in [2.05, 4.69) is 22.1 Å². The standard InChI is InChI=1S/C19H25N3O3S/c1-11(2)16(18(24)25)21-17(23)15-8-6-14(7-9-15)10-22(5)19-20-12(3)13(4)26-19/h6-9,11,16H,10H2,1-5H3,(H,21,23)(H,24,25). The van der Waals surface area contributed by atoms with Crippen LogP contribution in [0.5, 0.6) is 0 Å². The fourth-order valence-corrected chi connectivity index (χ4v) is 3.33. The van der Waals surface area contributed by atoms with Crippen molar-refractivity contribution < 1.29 is 14.7 Å². The summed E-state index contributed by atoms with van der Waals surface area (Å²) in [6, 6.07) is 6.30. The van der Waals surface area contributed by atoms with Crippen molar-refractivity contribution in [1.82, 2.24) is 10.3 Å². The molecule has 1 aromatic heterocycles. The fraction of sp³-hybridized carbons (Fsp3) is 0.421. The Kier molecular flexibility index (Phi) is 6.37. The largest absolute Gasteiger partial charge is 0.480 e. The first-order chi connectivity index (χ1) is 12.2. The van der Waals surface area contributed by atoms with Crippen LogP contribution in [0.2, 0.25) is 0 Å². The minimum Gasteiger partial charge on any atom is -0.480 e. The third kappa shape index (κ3) is 4.82. The number of carboxylic acid groups (broad SMARTS) is 1. The quantitative estimate of drug-likeness (QED) is 0.776. The third-order valence-electron chi connectivity index (χ3n) is 4.20. The van der Waals surface area contributed by atoms with Gasteiger partial charge in [-0.15, -0.1) is 11.3 Å². The molecule has 0 bridgehead atoms. The van der Waals surface area contributed by atoms with Crippen LogP contribution in [0, 0.1) is 19.8 Å². The Morgan fingerprint density at radius 1 is 1.23 bits per heavy atom. The van der Waals surface area contributed by atoms with E-state index in [1.807, 2.05) is 26.1 Å². The van der Waals surface area contributed by atoms with E-state index in [0.717, 1.165) is 16.4 Å². The number of aryl methyl sites for hydroxylation is 2. The van der Waals surface area contributed by atoms with Crippen LogP contribution in [0.3, 0.4) is 0 Å². The van der Waals surface area contributed by atoms with Crippen molar-refractivity contribution >= 4 is 28.3 Å². The molecule has 1 atom stereocenters. The minimum absolute atomic E-state index is 0.186. The van der Waals surface area contributed by atoms with Crippen molar-refractivity contribution in [3.8, 4) is 0 Å². The number of carbonyl (C=O) groups excluding carboxylic acids is 1. The Bertz CT molecular complexity index is 764. The Hall–Kier alpha value is -2.41. The number of aliphatic carboxylic acids is 1. The van der Waals surface area contributed by atoms with Gasteiger partial charge < -0.3 is 15.3 Å². The Morgan fingerprint density at radius 2 is 1.85 bits per heavy atom. The van der Waals surface area contributed by atoms with Gasteiger partial charge in [-0.25, -0.2) is 9.78 Å². The third-order valence-corrected chi connectivity index (χ3v) is 5.39. The van der Waals surface area contributed by atoms with Gasteiger partial charge >= 0.3 is 5.97 Å². The van der Waals surface area contributed by atoms with Gasteiger partial charge in [0.25, 0.3) is 5.91 Å². The lowest BCUT2D eigenvalue weighted by atomic mass is 10.0. The smallest absolute Gasteiger partial charge is 0.326 e. The number of rotatable bonds is 7. The second kappa shape index (κ2) is 8.31. The number of benzene rings is 1. The first kappa shape index (κ1) is 19.9. The second-order valence-corrected chi connectivity index (χ2v) is 7.91. The molecule has 140 valence electrons. The van der Waals surface area contributed by atoms with Crippen LogP contribution in [-0.2, 0) is 11.3 Å². The van der Waals surface area contributed by atoms with Crippen molar-refractivity contribution in [2.24, 2.45) is 5.92 Å². The highest BCUT2D eigenvalue weighted by Gasteiger charge is 2.23. The number of nitrogens with one attached hydrogen (secondary N) is 1. The Morgan fingerprint density at radius 3 is 2.31 bits per heavy atom. The Labute approximate surface area is 157 Å². The van der Waals surface area contributed by atoms with E-state index in [4.69, 9.17) is 0 Å². The number of amides is 1. The molecule has 0 saturated heterocycles. The van der Waals surface area contributed by atoms with Gasteiger partial charge in [0.2, 0.25) is 0 Å². The Balaban J connectivity index is 2.03. The maximum atomic E-state index is 12.3. The van der Waals surface area contributed by atoms with Crippen molar-refractivity contribution in [3.63, 3.8) is 0 Å². The first-order valence-corrected chi connectivity index (χ1v) is 9.28. The highest BCUT2D eigenvalue weighted by Crippen LogP contribution is 2.25. The van der Waals surface area contributed by atoms with Crippen LogP contribution < -0.4 is 10.2 Å². The minimum atomic E-state index is -1.03. The molecule has 1 unspecified atom stereocenters. The number of carbonyl (C=O) groups is 2. The molecule has 26 heavy (non-hydrogen) atoms. The van der Waals surface area contributed by atoms with Crippen LogP contribution in [0.4, 0.5) is 5.13 Å². The maximum absolute atomic E-state index is 12.3. The molecule has 0 aliphatic rings. The zero-order valence-electron chi connectivity index (χ0n) is 15.7. The highest BCUT2D eigenvalue weighted by molar-refractivity contribution is 7.15. The van der Waals surface area contributed by atoms with Gasteiger partial charge in [0, 0.05) is 24.0 Å². The monoisotopic (exact) mass is 375 g/mol. The van der Waals surface area contributed by atoms with Gasteiger partial charge in [0.05, 0.1) is 5.69 Å². The average molecular weight is 375 g/mol. The molecule has 2 rings (SSSR count). The summed E-state index contributed by atoms with van der Waals surface area (Å²) in [7, 11) is 1.98. The summed E-state index contributed by atoms with van der Waals surface area (Å²) in [5.74, 6) is -1.59. The van der Waals surface area contributed by atoms with Crippen LogP contribution >= 0.6 is 11.3 Å². The highest BCUT2D eigenvalue weighted by atomic mass is 32.1. The molecule has 2 N–H and O–H groups in total. The normalized spacial score (nSPS) is 12.1. The number of aromatic nitrogens is 1. The molecule has 6 nitrogen and oxygen atoms in total. The predicted octanol–water partition coefficient (Wildman–Crippen LogP) is 3.24. The van der Waals surface area contributed by atoms with E-state index in [-0.39, 0.29) is 11.8 Å². The average Bonchev–Trinajstić information content (AvgIpc) is 2.91. The number of thiazole rings is 1. The van der Waals surface area contributed by atoms with E-state index in [0.29, 0.717) is 12.1 Å². The summed E-state index contributed by atoms with van der Waals surface area (Å²) >= 11 is 1.66. The molecular weight excluding hydrogens is 350 g/mol. The number of hydrogen-bond donors (Lipinski definition) is 2. The topological polar surface area (TPSA) is 82.5 Å². The molecule has 0 aliphatic carbocycles.